The van der Waals surface area contributed by atoms with Crippen LogP contribution in [-0.4, -0.2) is 8.76 Å². The average Bonchev–Trinajstić information content (AvgIpc) is 2.38. The maximum atomic E-state index is 10.9. The molecule has 18 heavy (non-hydrogen) atoms. The lowest BCUT2D eigenvalue weighted by Gasteiger charge is -2.23. The van der Waals surface area contributed by atoms with Gasteiger partial charge in [-0.2, -0.15) is 4.21 Å². The zero-order valence-corrected chi connectivity index (χ0v) is 11.0. The van der Waals surface area contributed by atoms with Crippen molar-refractivity contribution in [2.75, 3.05) is 0 Å². The fraction of sp³-hybridized carbons (Fsp3) is 0.286. The molecule has 1 aliphatic carbocycles. The van der Waals surface area contributed by atoms with E-state index >= 15 is 0 Å². The molecule has 2 rings (SSSR count). The van der Waals surface area contributed by atoms with E-state index in [4.69, 9.17) is 8.74 Å². The minimum absolute atomic E-state index is 0.0915. The van der Waals surface area contributed by atoms with E-state index in [-0.39, 0.29) is 5.92 Å². The van der Waals surface area contributed by atoms with Gasteiger partial charge in [0.05, 0.1) is 0 Å². The molecule has 3 atom stereocenters. The monoisotopic (exact) mass is 264 g/mol. The van der Waals surface area contributed by atoms with E-state index in [1.807, 2.05) is 55.5 Å². The van der Waals surface area contributed by atoms with Crippen molar-refractivity contribution in [3.8, 4) is 0 Å². The van der Waals surface area contributed by atoms with Gasteiger partial charge in [-0.3, -0.25) is 8.74 Å². The molecule has 0 saturated carbocycles. The Morgan fingerprint density at radius 3 is 2.61 bits per heavy atom. The lowest BCUT2D eigenvalue weighted by Crippen LogP contribution is -2.16. The molecule has 3 nitrogen and oxygen atoms in total. The second-order valence-electron chi connectivity index (χ2n) is 4.36. The molecule has 0 spiro atoms. The highest BCUT2D eigenvalue weighted by molar-refractivity contribution is 7.74. The molecule has 0 amide bonds. The van der Waals surface area contributed by atoms with Crippen molar-refractivity contribution < 1.29 is 12.9 Å². The van der Waals surface area contributed by atoms with Crippen LogP contribution in [0, 0.1) is 12.8 Å². The zero-order chi connectivity index (χ0) is 13.0. The van der Waals surface area contributed by atoms with Crippen LogP contribution in [0.2, 0.25) is 0 Å². The van der Waals surface area contributed by atoms with Crippen molar-refractivity contribution in [1.29, 1.82) is 0 Å². The lowest BCUT2D eigenvalue weighted by atomic mass is 9.90. The summed E-state index contributed by atoms with van der Waals surface area (Å²) in [7, 11) is 0. The van der Waals surface area contributed by atoms with Crippen LogP contribution in [0.4, 0.5) is 0 Å². The number of allylic oxidation sites excluding steroid dienone is 3. The molecule has 0 saturated heterocycles. The number of aryl methyl sites for hydroxylation is 1. The predicted molar refractivity (Wildman–Crippen MR) is 72.2 cm³/mol. The highest BCUT2D eigenvalue weighted by Gasteiger charge is 2.24. The second kappa shape index (κ2) is 6.09. The highest BCUT2D eigenvalue weighted by atomic mass is 32.2. The van der Waals surface area contributed by atoms with Gasteiger partial charge in [-0.15, -0.1) is 0 Å². The van der Waals surface area contributed by atoms with Gasteiger partial charge in [0.25, 0.3) is 0 Å². The van der Waals surface area contributed by atoms with Gasteiger partial charge in [-0.1, -0.05) is 54.1 Å². The Balaban J connectivity index is 2.24. The van der Waals surface area contributed by atoms with E-state index < -0.39 is 17.5 Å². The first kappa shape index (κ1) is 13.2. The van der Waals surface area contributed by atoms with Crippen molar-refractivity contribution in [2.24, 2.45) is 5.92 Å². The fourth-order valence-corrected chi connectivity index (χ4v) is 2.47. The molecule has 1 N–H and O–H groups in total. The Morgan fingerprint density at radius 1 is 1.33 bits per heavy atom. The van der Waals surface area contributed by atoms with Crippen LogP contribution in [0.25, 0.3) is 0 Å². The number of hydrogen-bond donors (Lipinski definition) is 1. The molecule has 4 heteroatoms. The van der Waals surface area contributed by atoms with Crippen molar-refractivity contribution in [1.82, 2.24) is 0 Å². The Bertz CT molecular complexity index is 476. The van der Waals surface area contributed by atoms with Gasteiger partial charge in [-0.05, 0) is 18.9 Å². The molecular formula is C14H16O3S. The summed E-state index contributed by atoms with van der Waals surface area (Å²) in [4.78, 5) is 0. The van der Waals surface area contributed by atoms with Crippen molar-refractivity contribution in [3.63, 3.8) is 0 Å². The van der Waals surface area contributed by atoms with Crippen molar-refractivity contribution in [2.45, 2.75) is 19.4 Å². The van der Waals surface area contributed by atoms with Gasteiger partial charge in [0.1, 0.15) is 6.10 Å². The summed E-state index contributed by atoms with van der Waals surface area (Å²) in [6.07, 6.45) is 8.38. The zero-order valence-electron chi connectivity index (χ0n) is 10.2. The van der Waals surface area contributed by atoms with Crippen LogP contribution in [0.15, 0.2) is 48.6 Å². The van der Waals surface area contributed by atoms with E-state index in [2.05, 4.69) is 0 Å². The SMILES string of the molecule is Cc1ccc(C(OS(=O)O)C2C=CC=CC2)cc1. The van der Waals surface area contributed by atoms with Crippen molar-refractivity contribution in [3.05, 3.63) is 59.7 Å². The largest absolute Gasteiger partial charge is 0.302 e. The first-order valence-electron chi connectivity index (χ1n) is 5.84. The molecule has 0 bridgehead atoms. The lowest BCUT2D eigenvalue weighted by molar-refractivity contribution is 0.162. The summed E-state index contributed by atoms with van der Waals surface area (Å²) >= 11 is -2.26. The van der Waals surface area contributed by atoms with Gasteiger partial charge >= 0.3 is 11.4 Å². The van der Waals surface area contributed by atoms with Crippen LogP contribution in [0.3, 0.4) is 0 Å². The van der Waals surface area contributed by atoms with E-state index in [1.165, 1.54) is 0 Å². The third-order valence-electron chi connectivity index (χ3n) is 2.99. The second-order valence-corrected chi connectivity index (χ2v) is 4.98. The van der Waals surface area contributed by atoms with Gasteiger partial charge in [0.15, 0.2) is 0 Å². The highest BCUT2D eigenvalue weighted by Crippen LogP contribution is 2.32. The molecule has 1 aromatic rings. The smallest absolute Gasteiger partial charge is 0.284 e. The summed E-state index contributed by atoms with van der Waals surface area (Å²) in [5.41, 5.74) is 2.08. The van der Waals surface area contributed by atoms with Crippen LogP contribution >= 0.6 is 0 Å². The Hall–Kier alpha value is -1.23. The van der Waals surface area contributed by atoms with E-state index in [1.54, 1.807) is 0 Å². The molecule has 3 unspecified atom stereocenters. The molecular weight excluding hydrogens is 248 g/mol. The molecule has 0 aromatic heterocycles. The summed E-state index contributed by atoms with van der Waals surface area (Å²) in [6.45, 7) is 2.01. The number of rotatable bonds is 4. The first-order valence-corrected chi connectivity index (χ1v) is 6.88. The number of hydrogen-bond acceptors (Lipinski definition) is 2. The molecule has 1 aromatic carbocycles. The molecule has 0 fully saturated rings. The Morgan fingerprint density at radius 2 is 2.06 bits per heavy atom. The van der Waals surface area contributed by atoms with Gasteiger partial charge in [0.2, 0.25) is 0 Å². The van der Waals surface area contributed by atoms with Gasteiger partial charge in [-0.25, -0.2) is 0 Å². The van der Waals surface area contributed by atoms with Crippen LogP contribution in [-0.2, 0) is 15.5 Å². The minimum Gasteiger partial charge on any atom is -0.284 e. The van der Waals surface area contributed by atoms with Gasteiger partial charge in [0, 0.05) is 5.92 Å². The average molecular weight is 264 g/mol. The quantitative estimate of drug-likeness (QED) is 0.849. The van der Waals surface area contributed by atoms with Crippen LogP contribution < -0.4 is 0 Å². The standard InChI is InChI=1S/C14H16O3S/c1-11-7-9-13(10-8-11)14(17-18(15)16)12-5-3-2-4-6-12/h2-5,7-10,12,14H,6H2,1H3,(H,15,16). The fourth-order valence-electron chi connectivity index (χ4n) is 2.04. The van der Waals surface area contributed by atoms with Gasteiger partial charge < -0.3 is 0 Å². The van der Waals surface area contributed by atoms with E-state index in [0.29, 0.717) is 0 Å². The molecule has 96 valence electrons. The Labute approximate surface area is 110 Å². The third-order valence-corrected chi connectivity index (χ3v) is 3.37. The third kappa shape index (κ3) is 3.38. The molecule has 0 heterocycles. The summed E-state index contributed by atoms with van der Waals surface area (Å²) in [6, 6.07) is 7.85. The Kier molecular flexibility index (Phi) is 4.47. The topological polar surface area (TPSA) is 46.5 Å². The van der Waals surface area contributed by atoms with Crippen molar-refractivity contribution >= 4 is 11.4 Å². The van der Waals surface area contributed by atoms with E-state index in [0.717, 1.165) is 17.5 Å². The minimum atomic E-state index is -2.26. The molecule has 1 aliphatic rings. The maximum Gasteiger partial charge on any atom is 0.302 e. The summed E-state index contributed by atoms with van der Waals surface area (Å²) < 4.78 is 25.1. The maximum absolute atomic E-state index is 10.9. The summed E-state index contributed by atoms with van der Waals surface area (Å²) in [5.74, 6) is 0.0915. The number of benzene rings is 1. The molecule has 0 aliphatic heterocycles. The normalized spacial score (nSPS) is 21.8. The van der Waals surface area contributed by atoms with E-state index in [9.17, 15) is 4.21 Å². The molecule has 0 radical (unpaired) electrons. The first-order chi connectivity index (χ1) is 8.66. The van der Waals surface area contributed by atoms with Crippen LogP contribution in [0.5, 0.6) is 0 Å². The summed E-state index contributed by atoms with van der Waals surface area (Å²) in [5, 5.41) is 0. The van der Waals surface area contributed by atoms with Crippen LogP contribution in [0.1, 0.15) is 23.7 Å². The predicted octanol–water partition coefficient (Wildman–Crippen LogP) is 3.32.